The van der Waals surface area contributed by atoms with Crippen molar-refractivity contribution in [2.24, 2.45) is 0 Å². The van der Waals surface area contributed by atoms with Crippen LogP contribution >= 0.6 is 0 Å². The van der Waals surface area contributed by atoms with Crippen molar-refractivity contribution in [3.8, 4) is 0 Å². The summed E-state index contributed by atoms with van der Waals surface area (Å²) < 4.78 is 5.25. The number of imidazole rings is 1. The summed E-state index contributed by atoms with van der Waals surface area (Å²) in [6.07, 6.45) is 54.9. The van der Waals surface area contributed by atoms with Crippen molar-refractivity contribution in [3.63, 3.8) is 0 Å². The lowest BCUT2D eigenvalue weighted by Gasteiger charge is -2.07. The minimum atomic E-state index is 1.22. The molecule has 1 heterocycles. The molecule has 0 atom stereocenters. The van der Waals surface area contributed by atoms with Crippen molar-refractivity contribution < 1.29 is 4.57 Å². The molecule has 1 rings (SSSR count). The van der Waals surface area contributed by atoms with Gasteiger partial charge in [0.05, 0.1) is 13.1 Å². The zero-order valence-corrected chi connectivity index (χ0v) is 31.7. The molecule has 0 aromatic carbocycles. The first-order chi connectivity index (χ1) is 22.3. The molecule has 0 spiro atoms. The lowest BCUT2D eigenvalue weighted by atomic mass is 10.0. The van der Waals surface area contributed by atoms with Crippen molar-refractivity contribution >= 4 is 0 Å². The zero-order valence-electron chi connectivity index (χ0n) is 31.7. The van der Waals surface area contributed by atoms with Gasteiger partial charge < -0.3 is 0 Å². The Morgan fingerprint density at radius 2 is 0.689 bits per heavy atom. The third-order valence-electron chi connectivity index (χ3n) is 10.3. The Balaban J connectivity index is 2.14. The Kier molecular flexibility index (Phi) is 32.4. The van der Waals surface area contributed by atoms with Gasteiger partial charge in [0.25, 0.3) is 5.82 Å². The van der Waals surface area contributed by atoms with Gasteiger partial charge in [-0.25, -0.2) is 9.13 Å². The van der Waals surface area contributed by atoms with Gasteiger partial charge >= 0.3 is 0 Å². The quantitative estimate of drug-likeness (QED) is 0.0511. The highest BCUT2D eigenvalue weighted by Gasteiger charge is 2.16. The Bertz CT molecular complexity index is 692. The third-order valence-corrected chi connectivity index (χ3v) is 10.3. The second kappa shape index (κ2) is 34.5. The minimum Gasteiger partial charge on any atom is -0.234 e. The Morgan fingerprint density at radius 3 is 1.07 bits per heavy atom. The van der Waals surface area contributed by atoms with Crippen LogP contribution in [0.5, 0.6) is 0 Å². The molecule has 0 fully saturated rings. The van der Waals surface area contributed by atoms with Crippen LogP contribution in [0, 0.1) is 0 Å². The predicted octanol–water partition coefficient (Wildman–Crippen LogP) is 14.6. The van der Waals surface area contributed by atoms with E-state index >= 15 is 0 Å². The number of hydrogen-bond donors (Lipinski definition) is 0. The average molecular weight is 630 g/mol. The molecule has 0 aliphatic heterocycles. The van der Waals surface area contributed by atoms with Crippen molar-refractivity contribution in [2.75, 3.05) is 0 Å². The van der Waals surface area contributed by atoms with Gasteiger partial charge in [-0.1, -0.05) is 207 Å². The number of hydrogen-bond acceptors (Lipinski definition) is 0. The number of nitrogens with zero attached hydrogens (tertiary/aromatic N) is 2. The normalized spacial score (nSPS) is 11.6. The smallest absolute Gasteiger partial charge is 0.234 e. The molecule has 2 nitrogen and oxygen atoms in total. The van der Waals surface area contributed by atoms with E-state index in [4.69, 9.17) is 0 Å². The number of rotatable bonds is 37. The summed E-state index contributed by atoms with van der Waals surface area (Å²) in [5.74, 6) is 1.62. The first-order valence-electron chi connectivity index (χ1n) is 21.4. The van der Waals surface area contributed by atoms with Gasteiger partial charge in [-0.2, -0.15) is 0 Å². The van der Waals surface area contributed by atoms with Crippen LogP contribution < -0.4 is 4.57 Å². The highest BCUT2D eigenvalue weighted by Crippen LogP contribution is 2.16. The Morgan fingerprint density at radius 1 is 0.378 bits per heavy atom. The highest BCUT2D eigenvalue weighted by atomic mass is 15.1. The maximum atomic E-state index is 2.63. The summed E-state index contributed by atoms with van der Waals surface area (Å²) >= 11 is 0. The molecule has 0 unspecified atom stereocenters. The molecule has 0 saturated carbocycles. The van der Waals surface area contributed by atoms with Crippen LogP contribution in [0.1, 0.15) is 245 Å². The van der Waals surface area contributed by atoms with Crippen LogP contribution in [0.15, 0.2) is 12.4 Å². The van der Waals surface area contributed by atoms with Crippen LogP contribution in [0.2, 0.25) is 0 Å². The van der Waals surface area contributed by atoms with Gasteiger partial charge in [-0.3, -0.25) is 0 Å². The third kappa shape index (κ3) is 26.9. The van der Waals surface area contributed by atoms with E-state index in [0.29, 0.717) is 0 Å². The lowest BCUT2D eigenvalue weighted by molar-refractivity contribution is -0.704. The zero-order chi connectivity index (χ0) is 32.3. The summed E-state index contributed by atoms with van der Waals surface area (Å²) in [5.41, 5.74) is 0. The minimum absolute atomic E-state index is 1.22. The van der Waals surface area contributed by atoms with Crippen LogP contribution in [0.4, 0.5) is 0 Å². The lowest BCUT2D eigenvalue weighted by Crippen LogP contribution is -2.37. The van der Waals surface area contributed by atoms with E-state index in [1.54, 1.807) is 5.82 Å². The summed E-state index contributed by atoms with van der Waals surface area (Å²) in [4.78, 5) is 0. The molecule has 0 aliphatic rings. The van der Waals surface area contributed by atoms with Gasteiger partial charge in [-0.15, -0.1) is 0 Å². The summed E-state index contributed by atoms with van der Waals surface area (Å²) in [6, 6.07) is 0. The fourth-order valence-electron chi connectivity index (χ4n) is 7.21. The molecule has 0 saturated heterocycles. The second-order valence-electron chi connectivity index (χ2n) is 14.8. The number of unbranched alkanes of at least 4 members (excludes halogenated alkanes) is 31. The molecule has 0 amide bonds. The fourth-order valence-corrected chi connectivity index (χ4v) is 7.21. The SMILES string of the molecule is CCCCCCCCCCCCCCCCCc1n(CCCCCC)cc[n+]1CCCCCCCCCCCCCCCCC. The second-order valence-corrected chi connectivity index (χ2v) is 14.8. The maximum absolute atomic E-state index is 2.63. The highest BCUT2D eigenvalue weighted by molar-refractivity contribution is 4.84. The van der Waals surface area contributed by atoms with Gasteiger partial charge in [0, 0.05) is 6.42 Å². The van der Waals surface area contributed by atoms with Crippen molar-refractivity contribution in [3.05, 3.63) is 18.2 Å². The standard InChI is InChI=1S/C43H85N2/c1-4-7-10-13-15-17-19-21-23-25-27-29-31-33-35-38-43-44(39-36-12-9-6-3)41-42-45(43)40-37-34-32-30-28-26-24-22-20-18-16-14-11-8-5-2/h41-42H,4-40H2,1-3H3/q+1. The first-order valence-corrected chi connectivity index (χ1v) is 21.4. The molecule has 1 aromatic rings. The molecule has 45 heavy (non-hydrogen) atoms. The summed E-state index contributed by atoms with van der Waals surface area (Å²) in [7, 11) is 0. The van der Waals surface area contributed by atoms with Crippen LogP contribution in [0.25, 0.3) is 0 Å². The van der Waals surface area contributed by atoms with Crippen molar-refractivity contribution in [1.29, 1.82) is 0 Å². The molecular formula is C43H85N2+. The molecular weight excluding hydrogens is 544 g/mol. The molecule has 0 aliphatic carbocycles. The predicted molar refractivity (Wildman–Crippen MR) is 202 cm³/mol. The summed E-state index contributed by atoms with van der Waals surface area (Å²) in [6.45, 7) is 9.40. The van der Waals surface area contributed by atoms with E-state index in [1.807, 2.05) is 0 Å². The van der Waals surface area contributed by atoms with Crippen LogP contribution in [0.3, 0.4) is 0 Å². The average Bonchev–Trinajstić information content (AvgIpc) is 3.44. The maximum Gasteiger partial charge on any atom is 0.256 e. The van der Waals surface area contributed by atoms with Crippen LogP contribution in [-0.4, -0.2) is 4.57 Å². The molecule has 2 heteroatoms. The van der Waals surface area contributed by atoms with E-state index in [2.05, 4.69) is 42.3 Å². The van der Waals surface area contributed by atoms with Crippen molar-refractivity contribution in [1.82, 2.24) is 4.57 Å². The largest absolute Gasteiger partial charge is 0.256 e. The Hall–Kier alpha value is -0.790. The fraction of sp³-hybridized carbons (Fsp3) is 0.930. The van der Waals surface area contributed by atoms with Gasteiger partial charge in [0.15, 0.2) is 0 Å². The van der Waals surface area contributed by atoms with E-state index in [1.165, 1.54) is 238 Å². The van der Waals surface area contributed by atoms with Crippen LogP contribution in [-0.2, 0) is 19.5 Å². The molecule has 0 N–H and O–H groups in total. The molecule has 0 bridgehead atoms. The van der Waals surface area contributed by atoms with Crippen molar-refractivity contribution in [2.45, 2.75) is 259 Å². The van der Waals surface area contributed by atoms with E-state index in [9.17, 15) is 0 Å². The number of aromatic nitrogens is 2. The van der Waals surface area contributed by atoms with Gasteiger partial charge in [0.1, 0.15) is 12.4 Å². The Labute approximate surface area is 285 Å². The number of aryl methyl sites for hydroxylation is 2. The topological polar surface area (TPSA) is 8.81 Å². The molecule has 266 valence electrons. The first kappa shape index (κ1) is 42.2. The van der Waals surface area contributed by atoms with Gasteiger partial charge in [0.2, 0.25) is 0 Å². The van der Waals surface area contributed by atoms with E-state index < -0.39 is 0 Å². The van der Waals surface area contributed by atoms with Gasteiger partial charge in [-0.05, 0) is 32.1 Å². The molecule has 1 aromatic heterocycles. The van der Waals surface area contributed by atoms with E-state index in [-0.39, 0.29) is 0 Å². The molecule has 0 radical (unpaired) electrons. The monoisotopic (exact) mass is 630 g/mol. The summed E-state index contributed by atoms with van der Waals surface area (Å²) in [5, 5.41) is 0. The van der Waals surface area contributed by atoms with E-state index in [0.717, 1.165) is 0 Å².